The second-order valence-electron chi connectivity index (χ2n) is 4.50. The summed E-state index contributed by atoms with van der Waals surface area (Å²) in [5, 5.41) is 8.80. The molecule has 98 valence electrons. The average Bonchev–Trinajstić information content (AvgIpc) is 2.86. The molecule has 1 heterocycles. The summed E-state index contributed by atoms with van der Waals surface area (Å²) in [6.45, 7) is 0.139. The molecule has 1 atom stereocenters. The topological polar surface area (TPSA) is 86.7 Å². The van der Waals surface area contributed by atoms with Gasteiger partial charge in [-0.2, -0.15) is 8.78 Å². The van der Waals surface area contributed by atoms with Gasteiger partial charge in [0.2, 0.25) is 0 Å². The Balaban J connectivity index is 2.10. The molecule has 1 amide bonds. The van der Waals surface area contributed by atoms with E-state index in [1.54, 1.807) is 0 Å². The average molecular weight is 270 g/mol. The second kappa shape index (κ2) is 3.77. The van der Waals surface area contributed by atoms with Crippen molar-refractivity contribution < 1.29 is 27.1 Å². The molecule has 0 radical (unpaired) electrons. The summed E-state index contributed by atoms with van der Waals surface area (Å²) >= 11 is 0. The molecule has 1 unspecified atom stereocenters. The lowest BCUT2D eigenvalue weighted by molar-refractivity contribution is 0.153. The minimum atomic E-state index is -4.66. The Hall–Kier alpha value is -0.960. The van der Waals surface area contributed by atoms with Crippen molar-refractivity contribution in [3.63, 3.8) is 0 Å². The van der Waals surface area contributed by atoms with Crippen LogP contribution in [-0.4, -0.2) is 49.4 Å². The maximum absolute atomic E-state index is 12.2. The van der Waals surface area contributed by atoms with Crippen molar-refractivity contribution in [2.24, 2.45) is 5.41 Å². The zero-order chi connectivity index (χ0) is 12.8. The number of hydrogen-bond donors (Lipinski definition) is 2. The van der Waals surface area contributed by atoms with E-state index in [0.717, 1.165) is 4.90 Å². The minimum Gasteiger partial charge on any atom is -0.465 e. The van der Waals surface area contributed by atoms with Gasteiger partial charge >= 0.3 is 11.9 Å². The van der Waals surface area contributed by atoms with Gasteiger partial charge in [0, 0.05) is 24.5 Å². The van der Waals surface area contributed by atoms with Crippen LogP contribution in [0.5, 0.6) is 0 Å². The van der Waals surface area contributed by atoms with Gasteiger partial charge in [0.05, 0.1) is 0 Å². The van der Waals surface area contributed by atoms with Gasteiger partial charge in [0.1, 0.15) is 0 Å². The predicted molar refractivity (Wildman–Crippen MR) is 53.1 cm³/mol. The highest BCUT2D eigenvalue weighted by Gasteiger charge is 2.57. The summed E-state index contributed by atoms with van der Waals surface area (Å²) in [6, 6.07) is -0.738. The van der Waals surface area contributed by atoms with Crippen LogP contribution >= 0.6 is 0 Å². The first-order valence-corrected chi connectivity index (χ1v) is 6.59. The number of sulfonamides is 1. The van der Waals surface area contributed by atoms with Gasteiger partial charge in [-0.1, -0.05) is 0 Å². The van der Waals surface area contributed by atoms with Gasteiger partial charge in [0.25, 0.3) is 10.0 Å². The van der Waals surface area contributed by atoms with Gasteiger partial charge in [-0.3, -0.25) is 0 Å². The van der Waals surface area contributed by atoms with E-state index in [0.29, 0.717) is 12.8 Å². The Labute approximate surface area is 96.6 Å². The molecular formula is C8H12F2N2O4S. The first-order valence-electron chi connectivity index (χ1n) is 5.04. The van der Waals surface area contributed by atoms with Crippen LogP contribution in [0.4, 0.5) is 13.6 Å². The van der Waals surface area contributed by atoms with Gasteiger partial charge < -0.3 is 10.0 Å². The molecule has 17 heavy (non-hydrogen) atoms. The van der Waals surface area contributed by atoms with Gasteiger partial charge in [-0.15, -0.1) is 0 Å². The molecule has 0 aromatic rings. The Morgan fingerprint density at radius 1 is 1.47 bits per heavy atom. The van der Waals surface area contributed by atoms with E-state index in [-0.39, 0.29) is 13.1 Å². The maximum atomic E-state index is 12.2. The van der Waals surface area contributed by atoms with Crippen molar-refractivity contribution in [2.75, 3.05) is 13.1 Å². The fourth-order valence-electron chi connectivity index (χ4n) is 2.19. The van der Waals surface area contributed by atoms with E-state index in [4.69, 9.17) is 5.11 Å². The van der Waals surface area contributed by atoms with Gasteiger partial charge in [-0.05, 0) is 12.8 Å². The first kappa shape index (κ1) is 12.5. The molecule has 2 fully saturated rings. The largest absolute Gasteiger partial charge is 0.465 e. The molecule has 2 rings (SSSR count). The molecule has 0 aromatic heterocycles. The Kier molecular flexibility index (Phi) is 2.77. The second-order valence-corrected chi connectivity index (χ2v) is 6.18. The number of carboxylic acid groups (broad SMARTS) is 1. The van der Waals surface area contributed by atoms with Crippen molar-refractivity contribution in [3.8, 4) is 0 Å². The summed E-state index contributed by atoms with van der Waals surface area (Å²) in [6.07, 6.45) is 0.162. The number of likely N-dealkylation sites (tertiary alicyclic amines) is 1. The van der Waals surface area contributed by atoms with Crippen LogP contribution in [0.2, 0.25) is 0 Å². The standard InChI is InChI=1S/C8H12F2N2O4S/c9-6(10)17(15,16)11-5-3-12(7(13)14)4-8(5)1-2-8/h5-6,11H,1-4H2,(H,13,14). The number of amides is 1. The fourth-order valence-corrected chi connectivity index (χ4v) is 3.02. The Morgan fingerprint density at radius 3 is 2.47 bits per heavy atom. The quantitative estimate of drug-likeness (QED) is 0.770. The van der Waals surface area contributed by atoms with Crippen LogP contribution in [0.1, 0.15) is 12.8 Å². The molecule has 1 saturated carbocycles. The minimum absolute atomic E-state index is 0.0682. The van der Waals surface area contributed by atoms with Gasteiger partial charge in [0.15, 0.2) is 0 Å². The SMILES string of the molecule is O=C(O)N1CC(NS(=O)(=O)C(F)F)C2(CC2)C1. The first-order chi connectivity index (χ1) is 7.77. The number of halogens is 2. The highest BCUT2D eigenvalue weighted by molar-refractivity contribution is 7.89. The zero-order valence-corrected chi connectivity index (χ0v) is 9.58. The van der Waals surface area contributed by atoms with Crippen LogP contribution in [0.3, 0.4) is 0 Å². The number of nitrogens with one attached hydrogen (secondary N) is 1. The van der Waals surface area contributed by atoms with E-state index < -0.39 is 33.3 Å². The molecule has 2 aliphatic rings. The summed E-state index contributed by atoms with van der Waals surface area (Å²) in [5.74, 6) is -3.49. The highest BCUT2D eigenvalue weighted by atomic mass is 32.2. The van der Waals surface area contributed by atoms with E-state index in [1.807, 2.05) is 4.72 Å². The lowest BCUT2D eigenvalue weighted by Crippen LogP contribution is -2.44. The molecule has 1 spiro atoms. The lowest BCUT2D eigenvalue weighted by Gasteiger charge is -2.17. The molecule has 1 aliphatic heterocycles. The van der Waals surface area contributed by atoms with E-state index in [1.165, 1.54) is 0 Å². The third kappa shape index (κ3) is 2.21. The van der Waals surface area contributed by atoms with Crippen molar-refractivity contribution in [1.29, 1.82) is 0 Å². The smallest absolute Gasteiger partial charge is 0.407 e. The number of rotatable bonds is 3. The van der Waals surface area contributed by atoms with Crippen molar-refractivity contribution in [3.05, 3.63) is 0 Å². The molecule has 0 aromatic carbocycles. The monoisotopic (exact) mass is 270 g/mol. The number of alkyl halides is 2. The molecule has 0 bridgehead atoms. The summed E-state index contributed by atoms with van der Waals surface area (Å²) in [7, 11) is -4.66. The maximum Gasteiger partial charge on any atom is 0.407 e. The number of nitrogens with zero attached hydrogens (tertiary/aromatic N) is 1. The summed E-state index contributed by atoms with van der Waals surface area (Å²) < 4.78 is 48.4. The lowest BCUT2D eigenvalue weighted by atomic mass is 10.0. The van der Waals surface area contributed by atoms with Crippen LogP contribution in [-0.2, 0) is 10.0 Å². The Bertz CT molecular complexity index is 435. The normalized spacial score (nSPS) is 26.8. The number of carbonyl (C=O) groups is 1. The van der Waals surface area contributed by atoms with Gasteiger partial charge in [-0.25, -0.2) is 17.9 Å². The van der Waals surface area contributed by atoms with Crippen molar-refractivity contribution in [1.82, 2.24) is 9.62 Å². The number of hydrogen-bond acceptors (Lipinski definition) is 3. The zero-order valence-electron chi connectivity index (χ0n) is 8.77. The predicted octanol–water partition coefficient (Wildman–Crippen LogP) is 0.271. The highest BCUT2D eigenvalue weighted by Crippen LogP contribution is 2.53. The van der Waals surface area contributed by atoms with Crippen molar-refractivity contribution in [2.45, 2.75) is 24.6 Å². The van der Waals surface area contributed by atoms with Crippen LogP contribution in [0.25, 0.3) is 0 Å². The summed E-state index contributed by atoms with van der Waals surface area (Å²) in [5.41, 5.74) is -0.472. The molecule has 6 nitrogen and oxygen atoms in total. The molecule has 2 N–H and O–H groups in total. The Morgan fingerprint density at radius 2 is 2.06 bits per heavy atom. The summed E-state index contributed by atoms with van der Waals surface area (Å²) in [4.78, 5) is 11.8. The molecule has 1 saturated heterocycles. The van der Waals surface area contributed by atoms with E-state index in [9.17, 15) is 22.0 Å². The molecule has 9 heteroatoms. The fraction of sp³-hybridized carbons (Fsp3) is 0.875. The van der Waals surface area contributed by atoms with Crippen molar-refractivity contribution >= 4 is 16.1 Å². The molecular weight excluding hydrogens is 258 g/mol. The molecule has 1 aliphatic carbocycles. The van der Waals surface area contributed by atoms with E-state index >= 15 is 0 Å². The third-order valence-electron chi connectivity index (χ3n) is 3.35. The van der Waals surface area contributed by atoms with Crippen LogP contribution in [0.15, 0.2) is 0 Å². The van der Waals surface area contributed by atoms with E-state index in [2.05, 4.69) is 0 Å². The third-order valence-corrected chi connectivity index (χ3v) is 4.43. The van der Waals surface area contributed by atoms with Crippen LogP contribution in [0, 0.1) is 5.41 Å². The van der Waals surface area contributed by atoms with Crippen LogP contribution < -0.4 is 4.72 Å².